The minimum Gasteiger partial charge on any atom is -0.324 e. The standard InChI is InChI=1S/C13H16BrNOS/c14-12-7-10(13(16)8-15)1-2-11(12)9-3-5-17-6-4-9/h1-2,7,9H,3-6,8,15H2. The number of thioether (sulfide) groups is 1. The maximum atomic E-state index is 11.5. The van der Waals surface area contributed by atoms with Crippen LogP contribution >= 0.6 is 27.7 Å². The monoisotopic (exact) mass is 313 g/mol. The van der Waals surface area contributed by atoms with E-state index in [1.807, 2.05) is 23.9 Å². The number of hydrogen-bond acceptors (Lipinski definition) is 3. The Bertz CT molecular complexity index is 416. The summed E-state index contributed by atoms with van der Waals surface area (Å²) in [7, 11) is 0. The van der Waals surface area contributed by atoms with E-state index in [2.05, 4.69) is 22.0 Å². The lowest BCUT2D eigenvalue weighted by Crippen LogP contribution is -2.14. The van der Waals surface area contributed by atoms with Crippen LogP contribution in [-0.2, 0) is 0 Å². The summed E-state index contributed by atoms with van der Waals surface area (Å²) in [5.74, 6) is 3.10. The molecule has 0 atom stereocenters. The van der Waals surface area contributed by atoms with Crippen molar-refractivity contribution in [3.05, 3.63) is 33.8 Å². The zero-order valence-corrected chi connectivity index (χ0v) is 12.0. The molecule has 2 N–H and O–H groups in total. The van der Waals surface area contributed by atoms with Gasteiger partial charge in [-0.3, -0.25) is 4.79 Å². The number of benzene rings is 1. The molecule has 1 aliphatic rings. The molecule has 0 spiro atoms. The quantitative estimate of drug-likeness (QED) is 0.871. The van der Waals surface area contributed by atoms with Crippen LogP contribution in [0.15, 0.2) is 22.7 Å². The fourth-order valence-electron chi connectivity index (χ4n) is 2.16. The molecule has 2 rings (SSSR count). The van der Waals surface area contributed by atoms with Crippen LogP contribution in [0.25, 0.3) is 0 Å². The topological polar surface area (TPSA) is 43.1 Å². The van der Waals surface area contributed by atoms with Crippen molar-refractivity contribution in [3.63, 3.8) is 0 Å². The molecule has 1 aromatic rings. The van der Waals surface area contributed by atoms with Gasteiger partial charge in [0.05, 0.1) is 6.54 Å². The molecule has 0 aromatic heterocycles. The van der Waals surface area contributed by atoms with Gasteiger partial charge in [0, 0.05) is 10.0 Å². The van der Waals surface area contributed by atoms with Gasteiger partial charge in [0.15, 0.2) is 5.78 Å². The Morgan fingerprint density at radius 2 is 2.12 bits per heavy atom. The van der Waals surface area contributed by atoms with Gasteiger partial charge in [-0.15, -0.1) is 0 Å². The van der Waals surface area contributed by atoms with E-state index in [-0.39, 0.29) is 12.3 Å². The molecule has 0 amide bonds. The smallest absolute Gasteiger partial charge is 0.176 e. The van der Waals surface area contributed by atoms with Gasteiger partial charge < -0.3 is 5.73 Å². The van der Waals surface area contributed by atoms with Crippen molar-refractivity contribution in [2.24, 2.45) is 5.73 Å². The molecule has 1 saturated heterocycles. The zero-order valence-electron chi connectivity index (χ0n) is 9.62. The lowest BCUT2D eigenvalue weighted by Gasteiger charge is -2.23. The fourth-order valence-corrected chi connectivity index (χ4v) is 3.97. The molecule has 1 aromatic carbocycles. The first-order chi connectivity index (χ1) is 8.22. The van der Waals surface area contributed by atoms with Gasteiger partial charge in [0.25, 0.3) is 0 Å². The van der Waals surface area contributed by atoms with Gasteiger partial charge in [-0.2, -0.15) is 11.8 Å². The predicted molar refractivity (Wildman–Crippen MR) is 76.8 cm³/mol. The Balaban J connectivity index is 2.21. The highest BCUT2D eigenvalue weighted by molar-refractivity contribution is 9.10. The van der Waals surface area contributed by atoms with Crippen molar-refractivity contribution in [3.8, 4) is 0 Å². The van der Waals surface area contributed by atoms with Crippen molar-refractivity contribution in [1.82, 2.24) is 0 Å². The highest BCUT2D eigenvalue weighted by atomic mass is 79.9. The van der Waals surface area contributed by atoms with Gasteiger partial charge >= 0.3 is 0 Å². The van der Waals surface area contributed by atoms with Crippen LogP contribution in [0.1, 0.15) is 34.7 Å². The lowest BCUT2D eigenvalue weighted by molar-refractivity contribution is 0.100. The molecule has 2 nitrogen and oxygen atoms in total. The molecule has 0 aliphatic carbocycles. The first-order valence-corrected chi connectivity index (χ1v) is 7.77. The minimum atomic E-state index is -0.00329. The van der Waals surface area contributed by atoms with E-state index in [9.17, 15) is 4.79 Å². The Morgan fingerprint density at radius 3 is 2.71 bits per heavy atom. The molecule has 0 saturated carbocycles. The first kappa shape index (κ1) is 13.1. The third-order valence-corrected chi connectivity index (χ3v) is 4.90. The molecular weight excluding hydrogens is 298 g/mol. The van der Waals surface area contributed by atoms with Gasteiger partial charge in [-0.25, -0.2) is 0 Å². The molecule has 0 bridgehead atoms. The van der Waals surface area contributed by atoms with Gasteiger partial charge in [0.2, 0.25) is 0 Å². The van der Waals surface area contributed by atoms with Crippen LogP contribution < -0.4 is 5.73 Å². The number of nitrogens with two attached hydrogens (primary N) is 1. The van der Waals surface area contributed by atoms with Crippen molar-refractivity contribution >= 4 is 33.5 Å². The Hall–Kier alpha value is -0.320. The van der Waals surface area contributed by atoms with Crippen molar-refractivity contribution in [2.75, 3.05) is 18.1 Å². The van der Waals surface area contributed by atoms with Gasteiger partial charge in [-0.1, -0.05) is 28.1 Å². The van der Waals surface area contributed by atoms with Gasteiger partial charge in [0.1, 0.15) is 0 Å². The van der Waals surface area contributed by atoms with Crippen molar-refractivity contribution < 1.29 is 4.79 Å². The molecule has 1 fully saturated rings. The summed E-state index contributed by atoms with van der Waals surface area (Å²) in [5, 5.41) is 0. The van der Waals surface area contributed by atoms with E-state index in [1.165, 1.54) is 29.9 Å². The van der Waals surface area contributed by atoms with Crippen LogP contribution in [0.2, 0.25) is 0 Å². The average molecular weight is 314 g/mol. The first-order valence-electron chi connectivity index (χ1n) is 5.83. The third-order valence-electron chi connectivity index (χ3n) is 3.17. The predicted octanol–water partition coefficient (Wildman–Crippen LogP) is 3.20. The Morgan fingerprint density at radius 1 is 1.41 bits per heavy atom. The zero-order chi connectivity index (χ0) is 12.3. The summed E-state index contributed by atoms with van der Waals surface area (Å²) < 4.78 is 1.05. The Kier molecular flexibility index (Phi) is 4.65. The van der Waals surface area contributed by atoms with E-state index >= 15 is 0 Å². The van der Waals surface area contributed by atoms with Crippen molar-refractivity contribution in [1.29, 1.82) is 0 Å². The largest absolute Gasteiger partial charge is 0.324 e. The molecule has 4 heteroatoms. The molecule has 0 unspecified atom stereocenters. The van der Waals surface area contributed by atoms with Crippen LogP contribution in [-0.4, -0.2) is 23.8 Å². The molecule has 92 valence electrons. The fraction of sp³-hybridized carbons (Fsp3) is 0.462. The Labute approximate surface area is 114 Å². The van der Waals surface area contributed by atoms with E-state index in [4.69, 9.17) is 5.73 Å². The normalized spacial score (nSPS) is 17.1. The highest BCUT2D eigenvalue weighted by Gasteiger charge is 2.18. The second-order valence-electron chi connectivity index (χ2n) is 4.25. The molecule has 1 aliphatic heterocycles. The number of hydrogen-bond donors (Lipinski definition) is 1. The van der Waals surface area contributed by atoms with E-state index in [0.717, 1.165) is 4.47 Å². The maximum Gasteiger partial charge on any atom is 0.176 e. The molecule has 1 heterocycles. The number of ketones is 1. The average Bonchev–Trinajstić information content (AvgIpc) is 2.38. The second kappa shape index (κ2) is 6.03. The van der Waals surface area contributed by atoms with Crippen LogP contribution in [0, 0.1) is 0 Å². The van der Waals surface area contributed by atoms with Crippen LogP contribution in [0.5, 0.6) is 0 Å². The summed E-state index contributed by atoms with van der Waals surface area (Å²) in [4.78, 5) is 11.5. The van der Waals surface area contributed by atoms with Crippen LogP contribution in [0.3, 0.4) is 0 Å². The molecule has 0 radical (unpaired) electrons. The van der Waals surface area contributed by atoms with Crippen molar-refractivity contribution in [2.45, 2.75) is 18.8 Å². The number of rotatable bonds is 3. The van der Waals surface area contributed by atoms with E-state index in [1.54, 1.807) is 0 Å². The van der Waals surface area contributed by atoms with E-state index in [0.29, 0.717) is 11.5 Å². The number of carbonyl (C=O) groups is 1. The maximum absolute atomic E-state index is 11.5. The molecule has 17 heavy (non-hydrogen) atoms. The summed E-state index contributed by atoms with van der Waals surface area (Å²) in [6.07, 6.45) is 2.46. The number of halogens is 1. The number of carbonyl (C=O) groups excluding carboxylic acids is 1. The van der Waals surface area contributed by atoms with Gasteiger partial charge in [-0.05, 0) is 41.9 Å². The summed E-state index contributed by atoms with van der Waals surface area (Å²) >= 11 is 5.61. The second-order valence-corrected chi connectivity index (χ2v) is 6.33. The van der Waals surface area contributed by atoms with E-state index < -0.39 is 0 Å². The number of Topliss-reactive ketones (excluding diaryl/α,β-unsaturated/α-hetero) is 1. The third kappa shape index (κ3) is 3.12. The minimum absolute atomic E-state index is 0.00329. The SMILES string of the molecule is NCC(=O)c1ccc(C2CCSCC2)c(Br)c1. The summed E-state index contributed by atoms with van der Waals surface area (Å²) in [5.41, 5.74) is 7.40. The molecular formula is C13H16BrNOS. The summed E-state index contributed by atoms with van der Waals surface area (Å²) in [6.45, 7) is 0.0753. The van der Waals surface area contributed by atoms with Crippen LogP contribution in [0.4, 0.5) is 0 Å². The lowest BCUT2D eigenvalue weighted by atomic mass is 9.92. The highest BCUT2D eigenvalue weighted by Crippen LogP contribution is 2.35. The summed E-state index contributed by atoms with van der Waals surface area (Å²) in [6, 6.07) is 5.89.